The summed E-state index contributed by atoms with van der Waals surface area (Å²) >= 11 is 12.3. The molecule has 0 saturated heterocycles. The lowest BCUT2D eigenvalue weighted by atomic mass is 9.98. The minimum Gasteiger partial charge on any atom is -0.505 e. The number of nitrogens with one attached hydrogen (secondary N) is 1. The number of pyridine rings is 1. The van der Waals surface area contributed by atoms with Gasteiger partial charge in [-0.1, -0.05) is 41.4 Å². The highest BCUT2D eigenvalue weighted by Gasteiger charge is 2.24. The van der Waals surface area contributed by atoms with Gasteiger partial charge in [0, 0.05) is 20.8 Å². The van der Waals surface area contributed by atoms with E-state index in [2.05, 4.69) is 15.4 Å². The molecule has 0 unspecified atom stereocenters. The maximum Gasteiger partial charge on any atom is 0.325 e. The highest BCUT2D eigenvalue weighted by molar-refractivity contribution is 6.35. The SMILES string of the molecule is CCOC(=O)CNC(=O)c1c(O)c2cccc(-c3cc(Cl)cc(Cl)c3)c2c2ncnn12. The lowest BCUT2D eigenvalue weighted by Gasteiger charge is -2.14. The first-order valence-corrected chi connectivity index (χ1v) is 10.0. The second kappa shape index (κ2) is 8.41. The molecule has 0 saturated carbocycles. The third-order valence-electron chi connectivity index (χ3n) is 4.61. The average molecular weight is 459 g/mol. The van der Waals surface area contributed by atoms with Crippen LogP contribution >= 0.6 is 23.2 Å². The number of hydrogen-bond acceptors (Lipinski definition) is 6. The number of ether oxygens (including phenoxy) is 1. The van der Waals surface area contributed by atoms with E-state index in [1.165, 1.54) is 10.8 Å². The molecule has 2 heterocycles. The second-order valence-electron chi connectivity index (χ2n) is 6.57. The first-order valence-electron chi connectivity index (χ1n) is 9.28. The fourth-order valence-electron chi connectivity index (χ4n) is 3.40. The van der Waals surface area contributed by atoms with Crippen LogP contribution in [0.4, 0.5) is 0 Å². The molecule has 2 N–H and O–H groups in total. The van der Waals surface area contributed by atoms with Crippen LogP contribution in [0.2, 0.25) is 10.0 Å². The molecule has 0 aliphatic carbocycles. The van der Waals surface area contributed by atoms with Gasteiger partial charge in [0.05, 0.1) is 6.61 Å². The Bertz CT molecular complexity index is 1320. The van der Waals surface area contributed by atoms with Crippen molar-refractivity contribution in [1.82, 2.24) is 19.9 Å². The van der Waals surface area contributed by atoms with Crippen LogP contribution in [-0.2, 0) is 9.53 Å². The van der Waals surface area contributed by atoms with Gasteiger partial charge in [0.15, 0.2) is 17.1 Å². The van der Waals surface area contributed by atoms with Gasteiger partial charge in [0.25, 0.3) is 5.91 Å². The molecule has 4 aromatic rings. The number of hydrogen-bond donors (Lipinski definition) is 2. The third kappa shape index (κ3) is 3.87. The quantitative estimate of drug-likeness (QED) is 0.439. The minimum absolute atomic E-state index is 0.148. The van der Waals surface area contributed by atoms with E-state index in [1.54, 1.807) is 37.3 Å². The van der Waals surface area contributed by atoms with Gasteiger partial charge in [0.2, 0.25) is 0 Å². The van der Waals surface area contributed by atoms with Crippen LogP contribution < -0.4 is 5.32 Å². The van der Waals surface area contributed by atoms with E-state index >= 15 is 0 Å². The molecule has 0 aliphatic rings. The van der Waals surface area contributed by atoms with Crippen molar-refractivity contribution < 1.29 is 19.4 Å². The highest BCUT2D eigenvalue weighted by Crippen LogP contribution is 2.38. The summed E-state index contributed by atoms with van der Waals surface area (Å²) in [5, 5.41) is 19.4. The second-order valence-corrected chi connectivity index (χ2v) is 7.44. The monoisotopic (exact) mass is 458 g/mol. The van der Waals surface area contributed by atoms with Gasteiger partial charge in [-0.05, 0) is 36.2 Å². The number of aromatic hydroxyl groups is 1. The van der Waals surface area contributed by atoms with Gasteiger partial charge >= 0.3 is 5.97 Å². The van der Waals surface area contributed by atoms with Gasteiger partial charge in [-0.3, -0.25) is 9.59 Å². The molecule has 0 radical (unpaired) electrons. The molecule has 158 valence electrons. The molecular formula is C21H16Cl2N4O4. The minimum atomic E-state index is -0.695. The Morgan fingerprint density at radius 1 is 1.19 bits per heavy atom. The van der Waals surface area contributed by atoms with E-state index in [4.69, 9.17) is 27.9 Å². The number of amides is 1. The van der Waals surface area contributed by atoms with Crippen molar-refractivity contribution in [1.29, 1.82) is 0 Å². The smallest absolute Gasteiger partial charge is 0.325 e. The Hall–Kier alpha value is -3.36. The van der Waals surface area contributed by atoms with Crippen molar-refractivity contribution in [2.45, 2.75) is 6.92 Å². The molecular weight excluding hydrogens is 443 g/mol. The molecule has 2 aromatic heterocycles. The third-order valence-corrected chi connectivity index (χ3v) is 5.05. The zero-order valence-electron chi connectivity index (χ0n) is 16.2. The van der Waals surface area contributed by atoms with E-state index in [0.717, 1.165) is 0 Å². The summed E-state index contributed by atoms with van der Waals surface area (Å²) in [6.45, 7) is 1.51. The maximum absolute atomic E-state index is 12.8. The van der Waals surface area contributed by atoms with Crippen molar-refractivity contribution in [2.75, 3.05) is 13.2 Å². The molecule has 10 heteroatoms. The summed E-state index contributed by atoms with van der Waals surface area (Å²) < 4.78 is 6.04. The maximum atomic E-state index is 12.8. The van der Waals surface area contributed by atoms with Gasteiger partial charge in [-0.15, -0.1) is 0 Å². The lowest BCUT2D eigenvalue weighted by molar-refractivity contribution is -0.141. The molecule has 0 aliphatic heterocycles. The fraction of sp³-hybridized carbons (Fsp3) is 0.143. The normalized spacial score (nSPS) is 11.1. The Kier molecular flexibility index (Phi) is 5.67. The summed E-state index contributed by atoms with van der Waals surface area (Å²) in [5.74, 6) is -1.59. The number of benzene rings is 2. The van der Waals surface area contributed by atoms with Crippen molar-refractivity contribution in [2.24, 2.45) is 0 Å². The number of esters is 1. The zero-order valence-corrected chi connectivity index (χ0v) is 17.7. The van der Waals surface area contributed by atoms with Crippen LogP contribution in [0.1, 0.15) is 17.4 Å². The van der Waals surface area contributed by atoms with Crippen LogP contribution in [0.25, 0.3) is 27.5 Å². The first-order chi connectivity index (χ1) is 14.9. The Balaban J connectivity index is 1.90. The van der Waals surface area contributed by atoms with Gasteiger partial charge in [0.1, 0.15) is 12.9 Å². The summed E-state index contributed by atoms with van der Waals surface area (Å²) in [5.41, 5.74) is 1.62. The molecule has 0 spiro atoms. The number of halogens is 2. The van der Waals surface area contributed by atoms with Crippen LogP contribution in [0.3, 0.4) is 0 Å². The largest absolute Gasteiger partial charge is 0.505 e. The molecule has 0 fully saturated rings. The average Bonchev–Trinajstić information content (AvgIpc) is 3.21. The molecule has 8 nitrogen and oxygen atoms in total. The van der Waals surface area contributed by atoms with Gasteiger partial charge < -0.3 is 15.2 Å². The van der Waals surface area contributed by atoms with Gasteiger partial charge in [-0.2, -0.15) is 5.10 Å². The van der Waals surface area contributed by atoms with Crippen molar-refractivity contribution in [3.8, 4) is 16.9 Å². The number of nitrogens with zero attached hydrogens (tertiary/aromatic N) is 3. The molecule has 31 heavy (non-hydrogen) atoms. The first kappa shape index (κ1) is 20.9. The van der Waals surface area contributed by atoms with Crippen LogP contribution in [-0.4, -0.2) is 44.7 Å². The van der Waals surface area contributed by atoms with E-state index in [0.29, 0.717) is 37.6 Å². The molecule has 0 atom stereocenters. The van der Waals surface area contributed by atoms with Crippen molar-refractivity contribution >= 4 is 51.5 Å². The summed E-state index contributed by atoms with van der Waals surface area (Å²) in [6.07, 6.45) is 1.28. The molecule has 2 aromatic carbocycles. The van der Waals surface area contributed by atoms with Gasteiger partial charge in [-0.25, -0.2) is 9.50 Å². The standard InChI is InChI=1S/C21H16Cl2N4O4/c1-2-31-16(28)9-24-21(30)18-19(29)15-5-3-4-14(11-6-12(22)8-13(23)7-11)17(15)20-25-10-26-27(18)20/h3-8,10,29H,2,9H2,1H3,(H,24,30). The van der Waals surface area contributed by atoms with Crippen LogP contribution in [0.5, 0.6) is 5.75 Å². The number of carbonyl (C=O) groups is 2. The number of aromatic nitrogens is 3. The van der Waals surface area contributed by atoms with Crippen LogP contribution in [0, 0.1) is 0 Å². The summed E-state index contributed by atoms with van der Waals surface area (Å²) in [6, 6.07) is 10.3. The number of fused-ring (bicyclic) bond motifs is 3. The lowest BCUT2D eigenvalue weighted by Crippen LogP contribution is -2.32. The van der Waals surface area contributed by atoms with Crippen molar-refractivity contribution in [3.05, 3.63) is 58.5 Å². The fourth-order valence-corrected chi connectivity index (χ4v) is 3.92. The molecule has 4 rings (SSSR count). The zero-order chi connectivity index (χ0) is 22.1. The highest BCUT2D eigenvalue weighted by atomic mass is 35.5. The number of carbonyl (C=O) groups excluding carboxylic acids is 2. The van der Waals surface area contributed by atoms with E-state index < -0.39 is 11.9 Å². The topological polar surface area (TPSA) is 106 Å². The summed E-state index contributed by atoms with van der Waals surface area (Å²) in [7, 11) is 0. The van der Waals surface area contributed by atoms with Crippen molar-refractivity contribution in [3.63, 3.8) is 0 Å². The Labute approximate surface area is 186 Å². The predicted molar refractivity (Wildman–Crippen MR) is 117 cm³/mol. The van der Waals surface area contributed by atoms with E-state index in [9.17, 15) is 14.7 Å². The Morgan fingerprint density at radius 3 is 2.65 bits per heavy atom. The Morgan fingerprint density at radius 2 is 1.94 bits per heavy atom. The van der Waals surface area contributed by atoms with Crippen LogP contribution in [0.15, 0.2) is 42.7 Å². The summed E-state index contributed by atoms with van der Waals surface area (Å²) in [4.78, 5) is 28.7. The van der Waals surface area contributed by atoms with E-state index in [1.807, 2.05) is 6.07 Å². The predicted octanol–water partition coefficient (Wildman–Crippen LogP) is 3.85. The van der Waals surface area contributed by atoms with E-state index in [-0.39, 0.29) is 24.6 Å². The molecule has 0 bridgehead atoms. The number of rotatable bonds is 5. The molecule has 1 amide bonds.